The third-order valence-corrected chi connectivity index (χ3v) is 7.16. The first-order valence-electron chi connectivity index (χ1n) is 14.8. The molecule has 35 heavy (non-hydrogen) atoms. The van der Waals surface area contributed by atoms with Crippen LogP contribution in [0.15, 0.2) is 12.2 Å². The Hall–Kier alpha value is 0.610. The Bertz CT molecular complexity index is 537. The van der Waals surface area contributed by atoms with Crippen LogP contribution in [0.25, 0.3) is 0 Å². The second kappa shape index (κ2) is 29.2. The fraction of sp³-hybridized carbons (Fsp3) is 0.931. The van der Waals surface area contributed by atoms with Gasteiger partial charge in [-0.3, -0.25) is 4.18 Å². The molecule has 0 aromatic rings. The molecule has 204 valence electrons. The minimum absolute atomic E-state index is 0. The number of unbranched alkanes of at least 4 members (excludes halogenated alkanes) is 20. The first-order valence-corrected chi connectivity index (χ1v) is 16.1. The molecule has 6 heteroatoms. The molecule has 0 radical (unpaired) electrons. The molecule has 0 heterocycles. The zero-order chi connectivity index (χ0) is 25.2. The second-order valence-corrected chi connectivity index (χ2v) is 11.2. The summed E-state index contributed by atoms with van der Waals surface area (Å²) in [7, 11) is -4.61. The Balaban J connectivity index is 0. The van der Waals surface area contributed by atoms with E-state index in [0.717, 1.165) is 19.3 Å². The van der Waals surface area contributed by atoms with Crippen molar-refractivity contribution in [2.45, 2.75) is 162 Å². The molecule has 0 bridgehead atoms. The van der Waals surface area contributed by atoms with E-state index in [0.29, 0.717) is 0 Å². The average Bonchev–Trinajstić information content (AvgIpc) is 2.80. The van der Waals surface area contributed by atoms with Crippen LogP contribution < -0.4 is 29.6 Å². The van der Waals surface area contributed by atoms with Crippen molar-refractivity contribution in [1.29, 1.82) is 0 Å². The number of hydrogen-bond donors (Lipinski definition) is 0. The van der Waals surface area contributed by atoms with E-state index in [1.807, 2.05) is 0 Å². The number of rotatable bonds is 27. The molecular weight excluding hydrogens is 467 g/mol. The van der Waals surface area contributed by atoms with E-state index in [9.17, 15) is 13.0 Å². The van der Waals surface area contributed by atoms with E-state index in [2.05, 4.69) is 30.2 Å². The van der Waals surface area contributed by atoms with E-state index < -0.39 is 10.4 Å². The van der Waals surface area contributed by atoms with E-state index in [-0.39, 0.29) is 42.1 Å². The van der Waals surface area contributed by atoms with Crippen molar-refractivity contribution in [2.24, 2.45) is 5.92 Å². The Kier molecular flexibility index (Phi) is 31.5. The maximum absolute atomic E-state index is 10.9. The van der Waals surface area contributed by atoms with Crippen LogP contribution in [0.2, 0.25) is 0 Å². The fourth-order valence-corrected chi connectivity index (χ4v) is 4.86. The number of hydrogen-bond acceptors (Lipinski definition) is 4. The predicted molar refractivity (Wildman–Crippen MR) is 146 cm³/mol. The third kappa shape index (κ3) is 32.6. The molecule has 0 N–H and O–H groups in total. The molecular formula is C29H57NaO4S. The van der Waals surface area contributed by atoms with Crippen LogP contribution >= 0.6 is 0 Å². The van der Waals surface area contributed by atoms with E-state index in [1.54, 1.807) is 0 Å². The van der Waals surface area contributed by atoms with Crippen LogP contribution in [0, 0.1) is 5.92 Å². The van der Waals surface area contributed by atoms with Crippen molar-refractivity contribution in [1.82, 2.24) is 0 Å². The van der Waals surface area contributed by atoms with Crippen LogP contribution in [0.4, 0.5) is 0 Å². The second-order valence-electron chi connectivity index (χ2n) is 10.2. The van der Waals surface area contributed by atoms with Gasteiger partial charge in [0.15, 0.2) is 0 Å². The third-order valence-electron chi connectivity index (χ3n) is 6.74. The van der Waals surface area contributed by atoms with Gasteiger partial charge in [-0.05, 0) is 19.3 Å². The fourth-order valence-electron chi connectivity index (χ4n) is 4.51. The van der Waals surface area contributed by atoms with Crippen LogP contribution in [0.3, 0.4) is 0 Å². The van der Waals surface area contributed by atoms with Gasteiger partial charge < -0.3 is 4.55 Å². The van der Waals surface area contributed by atoms with Crippen molar-refractivity contribution < 1.29 is 46.7 Å². The summed E-state index contributed by atoms with van der Waals surface area (Å²) in [4.78, 5) is 0. The molecule has 0 aliphatic rings. The van der Waals surface area contributed by atoms with Gasteiger partial charge in [0.1, 0.15) is 0 Å². The van der Waals surface area contributed by atoms with Gasteiger partial charge in [-0.1, -0.05) is 154 Å². The Labute approximate surface area is 242 Å². The van der Waals surface area contributed by atoms with Gasteiger partial charge in [-0.25, -0.2) is 8.42 Å². The molecule has 0 aromatic carbocycles. The molecule has 0 amide bonds. The molecule has 0 saturated heterocycles. The largest absolute Gasteiger partial charge is 1.00 e. The Morgan fingerprint density at radius 1 is 0.629 bits per heavy atom. The van der Waals surface area contributed by atoms with Gasteiger partial charge in [0.2, 0.25) is 10.4 Å². The van der Waals surface area contributed by atoms with Crippen LogP contribution in [-0.4, -0.2) is 19.6 Å². The minimum atomic E-state index is -4.61. The molecule has 1 unspecified atom stereocenters. The summed E-state index contributed by atoms with van der Waals surface area (Å²) >= 11 is 0. The topological polar surface area (TPSA) is 66.4 Å². The van der Waals surface area contributed by atoms with Gasteiger partial charge in [0.25, 0.3) is 0 Å². The zero-order valence-electron chi connectivity index (χ0n) is 23.7. The molecule has 0 saturated carbocycles. The Morgan fingerprint density at radius 2 is 1.00 bits per heavy atom. The smallest absolute Gasteiger partial charge is 0.726 e. The van der Waals surface area contributed by atoms with Crippen LogP contribution in [-0.2, 0) is 14.6 Å². The molecule has 0 aliphatic heterocycles. The summed E-state index contributed by atoms with van der Waals surface area (Å²) in [5, 5.41) is 0. The predicted octanol–water partition coefficient (Wildman–Crippen LogP) is 6.65. The summed E-state index contributed by atoms with van der Waals surface area (Å²) in [5.74, 6) is 0.0189. The van der Waals surface area contributed by atoms with Crippen molar-refractivity contribution in [3.63, 3.8) is 0 Å². The van der Waals surface area contributed by atoms with E-state index in [4.69, 9.17) is 0 Å². The molecule has 0 rings (SSSR count). The summed E-state index contributed by atoms with van der Waals surface area (Å²) in [5.41, 5.74) is 0. The summed E-state index contributed by atoms with van der Waals surface area (Å²) in [6.07, 6.45) is 33.7. The standard InChI is InChI=1S/C29H58O4S.Na/c1-3-5-7-9-11-13-15-17-19-21-23-25-27-29(28-33-34(30,31)32)26-24-22-20-18-16-14-12-10-8-6-4-2;/h25,27,29H,3-24,26,28H2,1-2H3,(H,30,31,32);/q;+1/p-1/b27-25+;. The number of allylic oxidation sites excluding steroid dienone is 1. The normalized spacial score (nSPS) is 12.8. The zero-order valence-corrected chi connectivity index (χ0v) is 26.6. The molecule has 4 nitrogen and oxygen atoms in total. The maximum Gasteiger partial charge on any atom is 1.00 e. The molecule has 0 fully saturated rings. The van der Waals surface area contributed by atoms with Gasteiger partial charge in [0.05, 0.1) is 6.61 Å². The first-order chi connectivity index (χ1) is 16.5. The quantitative estimate of drug-likeness (QED) is 0.0397. The first kappa shape index (κ1) is 37.8. The maximum atomic E-state index is 10.9. The van der Waals surface area contributed by atoms with Gasteiger partial charge >= 0.3 is 29.6 Å². The monoisotopic (exact) mass is 524 g/mol. The summed E-state index contributed by atoms with van der Waals surface area (Å²) in [6, 6.07) is 0. The van der Waals surface area contributed by atoms with Crippen molar-refractivity contribution in [2.75, 3.05) is 6.61 Å². The van der Waals surface area contributed by atoms with E-state index in [1.165, 1.54) is 128 Å². The summed E-state index contributed by atoms with van der Waals surface area (Å²) in [6.45, 7) is 4.50. The van der Waals surface area contributed by atoms with E-state index >= 15 is 0 Å². The van der Waals surface area contributed by atoms with Gasteiger partial charge in [-0.15, -0.1) is 0 Å². The van der Waals surface area contributed by atoms with Crippen molar-refractivity contribution in [3.05, 3.63) is 12.2 Å². The molecule has 0 aromatic heterocycles. The van der Waals surface area contributed by atoms with Crippen LogP contribution in [0.1, 0.15) is 162 Å². The SMILES string of the molecule is CCCCCCCCCCCC/C=C/C(CCCCCCCCCCCCC)COS(=O)(=O)[O-].[Na+]. The van der Waals surface area contributed by atoms with Crippen molar-refractivity contribution >= 4 is 10.4 Å². The van der Waals surface area contributed by atoms with Crippen LogP contribution in [0.5, 0.6) is 0 Å². The molecule has 0 aliphatic carbocycles. The molecule has 0 spiro atoms. The van der Waals surface area contributed by atoms with Crippen molar-refractivity contribution in [3.8, 4) is 0 Å². The van der Waals surface area contributed by atoms with Gasteiger partial charge in [-0.2, -0.15) is 0 Å². The molecule has 1 atom stereocenters. The Morgan fingerprint density at radius 3 is 1.40 bits per heavy atom. The van der Waals surface area contributed by atoms with Gasteiger partial charge in [0, 0.05) is 5.92 Å². The minimum Gasteiger partial charge on any atom is -0.726 e. The summed E-state index contributed by atoms with van der Waals surface area (Å²) < 4.78 is 37.2. The average molecular weight is 525 g/mol.